The first-order valence-corrected chi connectivity index (χ1v) is 7.12. The largest absolute Gasteiger partial charge is 0.356 e. The molecule has 0 aliphatic heterocycles. The van der Waals surface area contributed by atoms with Crippen LogP contribution >= 0.6 is 11.8 Å². The zero-order valence-electron chi connectivity index (χ0n) is 10.7. The SMILES string of the molecule is CCCCNc1nc(CSC(C)C)cc(=O)[nH]1. The molecule has 96 valence electrons. The van der Waals surface area contributed by atoms with Crippen molar-refractivity contribution in [2.75, 3.05) is 11.9 Å². The smallest absolute Gasteiger partial charge is 0.252 e. The minimum atomic E-state index is -0.0849. The third kappa shape index (κ3) is 5.77. The molecule has 0 atom stereocenters. The molecule has 4 nitrogen and oxygen atoms in total. The van der Waals surface area contributed by atoms with E-state index in [1.807, 2.05) is 0 Å². The first kappa shape index (κ1) is 14.1. The molecule has 0 unspecified atom stereocenters. The summed E-state index contributed by atoms with van der Waals surface area (Å²) in [5, 5.41) is 3.69. The quantitative estimate of drug-likeness (QED) is 0.735. The Bertz CT molecular complexity index is 390. The van der Waals surface area contributed by atoms with Crippen LogP contribution in [0.15, 0.2) is 10.9 Å². The molecule has 1 rings (SSSR count). The summed E-state index contributed by atoms with van der Waals surface area (Å²) in [5.74, 6) is 1.37. The Labute approximate surface area is 107 Å². The van der Waals surface area contributed by atoms with Crippen LogP contribution < -0.4 is 10.9 Å². The molecule has 5 heteroatoms. The first-order chi connectivity index (χ1) is 8.11. The maximum Gasteiger partial charge on any atom is 0.252 e. The van der Waals surface area contributed by atoms with Crippen LogP contribution in [0.4, 0.5) is 5.95 Å². The molecule has 0 saturated carbocycles. The number of rotatable bonds is 7. The molecule has 1 aromatic rings. The third-order valence-electron chi connectivity index (χ3n) is 2.18. The molecule has 0 fully saturated rings. The van der Waals surface area contributed by atoms with Gasteiger partial charge in [-0.15, -0.1) is 0 Å². The second-order valence-electron chi connectivity index (χ2n) is 4.23. The number of nitrogens with zero attached hydrogens (tertiary/aromatic N) is 1. The number of nitrogens with one attached hydrogen (secondary N) is 2. The van der Waals surface area contributed by atoms with Gasteiger partial charge in [-0.05, 0) is 11.7 Å². The van der Waals surface area contributed by atoms with E-state index in [0.29, 0.717) is 11.2 Å². The van der Waals surface area contributed by atoms with Crippen LogP contribution in [0.25, 0.3) is 0 Å². The van der Waals surface area contributed by atoms with Crippen molar-refractivity contribution in [3.8, 4) is 0 Å². The van der Waals surface area contributed by atoms with Crippen molar-refractivity contribution in [3.05, 3.63) is 22.1 Å². The molecule has 17 heavy (non-hydrogen) atoms. The van der Waals surface area contributed by atoms with Gasteiger partial charge < -0.3 is 5.32 Å². The van der Waals surface area contributed by atoms with E-state index < -0.39 is 0 Å². The lowest BCUT2D eigenvalue weighted by atomic mass is 10.3. The van der Waals surface area contributed by atoms with Crippen LogP contribution in [0.1, 0.15) is 39.3 Å². The Hall–Kier alpha value is -0.970. The number of aromatic nitrogens is 2. The summed E-state index contributed by atoms with van der Waals surface area (Å²) in [5.41, 5.74) is 0.754. The van der Waals surface area contributed by atoms with Gasteiger partial charge in [-0.25, -0.2) is 4.98 Å². The highest BCUT2D eigenvalue weighted by molar-refractivity contribution is 7.99. The minimum absolute atomic E-state index is 0.0849. The van der Waals surface area contributed by atoms with Crippen molar-refractivity contribution in [2.45, 2.75) is 44.6 Å². The molecule has 0 amide bonds. The van der Waals surface area contributed by atoms with Gasteiger partial charge in [0.1, 0.15) is 0 Å². The topological polar surface area (TPSA) is 57.8 Å². The normalized spacial score (nSPS) is 10.8. The molecule has 2 N–H and O–H groups in total. The average molecular weight is 255 g/mol. The van der Waals surface area contributed by atoms with E-state index in [-0.39, 0.29) is 5.56 Å². The van der Waals surface area contributed by atoms with E-state index in [9.17, 15) is 4.79 Å². The molecule has 0 aromatic carbocycles. The maximum absolute atomic E-state index is 11.4. The Morgan fingerprint density at radius 1 is 1.53 bits per heavy atom. The van der Waals surface area contributed by atoms with E-state index >= 15 is 0 Å². The minimum Gasteiger partial charge on any atom is -0.356 e. The van der Waals surface area contributed by atoms with Crippen molar-refractivity contribution >= 4 is 17.7 Å². The lowest BCUT2D eigenvalue weighted by Gasteiger charge is -2.07. The molecular weight excluding hydrogens is 234 g/mol. The highest BCUT2D eigenvalue weighted by atomic mass is 32.2. The summed E-state index contributed by atoms with van der Waals surface area (Å²) in [4.78, 5) is 18.5. The highest BCUT2D eigenvalue weighted by Crippen LogP contribution is 2.15. The second kappa shape index (κ2) is 7.37. The molecular formula is C12H21N3OS. The molecule has 0 radical (unpaired) electrons. The lowest BCUT2D eigenvalue weighted by molar-refractivity contribution is 0.823. The van der Waals surface area contributed by atoms with Crippen LogP contribution in [-0.2, 0) is 5.75 Å². The van der Waals surface area contributed by atoms with Crippen LogP contribution in [0.2, 0.25) is 0 Å². The van der Waals surface area contributed by atoms with Crippen molar-refractivity contribution in [1.29, 1.82) is 0 Å². The third-order valence-corrected chi connectivity index (χ3v) is 3.31. The molecule has 0 aliphatic rings. The van der Waals surface area contributed by atoms with Gasteiger partial charge in [-0.3, -0.25) is 9.78 Å². The molecule has 0 saturated heterocycles. The summed E-state index contributed by atoms with van der Waals surface area (Å²) >= 11 is 1.79. The van der Waals surface area contributed by atoms with Crippen LogP contribution in [0.3, 0.4) is 0 Å². The van der Waals surface area contributed by atoms with Gasteiger partial charge in [0.25, 0.3) is 5.56 Å². The number of unbranched alkanes of at least 4 members (excludes halogenated alkanes) is 1. The fourth-order valence-electron chi connectivity index (χ4n) is 1.30. The van der Waals surface area contributed by atoms with Gasteiger partial charge in [0.2, 0.25) is 5.95 Å². The van der Waals surface area contributed by atoms with Crippen molar-refractivity contribution < 1.29 is 0 Å². The first-order valence-electron chi connectivity index (χ1n) is 6.07. The maximum atomic E-state index is 11.4. The number of H-pyrrole nitrogens is 1. The standard InChI is InChI=1S/C12H21N3OS/c1-4-5-6-13-12-14-10(7-11(16)15-12)8-17-9(2)3/h7,9H,4-6,8H2,1-3H3,(H2,13,14,15,16). The summed E-state index contributed by atoms with van der Waals surface area (Å²) in [6.45, 7) is 7.25. The van der Waals surface area contributed by atoms with Crippen molar-refractivity contribution in [2.24, 2.45) is 0 Å². The van der Waals surface area contributed by atoms with Crippen molar-refractivity contribution in [3.63, 3.8) is 0 Å². The average Bonchev–Trinajstić information content (AvgIpc) is 2.26. The molecule has 1 aromatic heterocycles. The van der Waals surface area contributed by atoms with Gasteiger partial charge in [0.05, 0.1) is 5.69 Å². The van der Waals surface area contributed by atoms with E-state index in [0.717, 1.165) is 30.8 Å². The van der Waals surface area contributed by atoms with Gasteiger partial charge in [0.15, 0.2) is 0 Å². The predicted octanol–water partition coefficient (Wildman–Crippen LogP) is 2.62. The van der Waals surface area contributed by atoms with Crippen LogP contribution in [-0.4, -0.2) is 21.8 Å². The summed E-state index contributed by atoms with van der Waals surface area (Å²) in [7, 11) is 0. The zero-order chi connectivity index (χ0) is 12.7. The fraction of sp³-hybridized carbons (Fsp3) is 0.667. The van der Waals surface area contributed by atoms with Gasteiger partial charge in [-0.1, -0.05) is 27.2 Å². The highest BCUT2D eigenvalue weighted by Gasteiger charge is 2.02. The number of thioether (sulfide) groups is 1. The van der Waals surface area contributed by atoms with Gasteiger partial charge in [0, 0.05) is 18.4 Å². The summed E-state index contributed by atoms with van der Waals surface area (Å²) in [6.07, 6.45) is 2.20. The van der Waals surface area contributed by atoms with E-state index in [4.69, 9.17) is 0 Å². The Morgan fingerprint density at radius 2 is 2.29 bits per heavy atom. The summed E-state index contributed by atoms with van der Waals surface area (Å²) < 4.78 is 0. The Balaban J connectivity index is 2.62. The van der Waals surface area contributed by atoms with E-state index in [2.05, 4.69) is 36.1 Å². The number of aromatic amines is 1. The van der Waals surface area contributed by atoms with Gasteiger partial charge >= 0.3 is 0 Å². The summed E-state index contributed by atoms with van der Waals surface area (Å²) in [6, 6.07) is 1.57. The number of hydrogen-bond acceptors (Lipinski definition) is 4. The fourth-order valence-corrected chi connectivity index (χ4v) is 1.95. The molecule has 1 heterocycles. The van der Waals surface area contributed by atoms with Crippen LogP contribution in [0.5, 0.6) is 0 Å². The molecule has 0 spiro atoms. The number of anilines is 1. The zero-order valence-corrected chi connectivity index (χ0v) is 11.6. The molecule has 0 bridgehead atoms. The molecule has 0 aliphatic carbocycles. The second-order valence-corrected chi connectivity index (χ2v) is 5.79. The van der Waals surface area contributed by atoms with Crippen LogP contribution in [0, 0.1) is 0 Å². The Morgan fingerprint density at radius 3 is 2.94 bits per heavy atom. The Kier molecular flexibility index (Phi) is 6.11. The monoisotopic (exact) mass is 255 g/mol. The van der Waals surface area contributed by atoms with E-state index in [1.54, 1.807) is 17.8 Å². The van der Waals surface area contributed by atoms with E-state index in [1.165, 1.54) is 0 Å². The lowest BCUT2D eigenvalue weighted by Crippen LogP contribution is -2.14. The number of hydrogen-bond donors (Lipinski definition) is 2. The van der Waals surface area contributed by atoms with Crippen molar-refractivity contribution in [1.82, 2.24) is 9.97 Å². The predicted molar refractivity (Wildman–Crippen MR) is 74.7 cm³/mol. The van der Waals surface area contributed by atoms with Gasteiger partial charge in [-0.2, -0.15) is 11.8 Å².